The fourth-order valence-electron chi connectivity index (χ4n) is 4.62. The maximum atomic E-state index is 13.7. The molecule has 1 amide bonds. The van der Waals surface area contributed by atoms with Gasteiger partial charge in [0.25, 0.3) is 15.9 Å². The number of para-hydroxylation sites is 1. The Morgan fingerprint density at radius 1 is 1.02 bits per heavy atom. The van der Waals surface area contributed by atoms with Crippen molar-refractivity contribution in [2.75, 3.05) is 38.6 Å². The molecule has 0 saturated carbocycles. The highest BCUT2D eigenvalue weighted by Gasteiger charge is 2.36. The van der Waals surface area contributed by atoms with E-state index in [9.17, 15) is 26.7 Å². The monoisotopic (exact) mass is 617 g/mol. The summed E-state index contributed by atoms with van der Waals surface area (Å²) < 4.78 is 68.5. The number of anilines is 1. The van der Waals surface area contributed by atoms with E-state index in [0.29, 0.717) is 5.75 Å². The molecule has 0 unspecified atom stereocenters. The Morgan fingerprint density at radius 3 is 2.31 bits per heavy atom. The van der Waals surface area contributed by atoms with E-state index < -0.39 is 44.0 Å². The van der Waals surface area contributed by atoms with Crippen LogP contribution in [0.3, 0.4) is 0 Å². The number of rotatable bonds is 10. The summed E-state index contributed by atoms with van der Waals surface area (Å²) in [6, 6.07) is 17.7. The van der Waals surface area contributed by atoms with Crippen LogP contribution in [0.5, 0.6) is 11.5 Å². The average Bonchev–Trinajstić information content (AvgIpc) is 2.99. The second kappa shape index (κ2) is 12.7. The minimum Gasteiger partial charge on any atom is -0.497 e. The summed E-state index contributed by atoms with van der Waals surface area (Å²) in [6.07, 6.45) is -0.800. The summed E-state index contributed by atoms with van der Waals surface area (Å²) in [6.45, 7) is 3.27. The maximum Gasteiger partial charge on any atom is 0.262 e. The third-order valence-corrected chi connectivity index (χ3v) is 10.4. The maximum absolute atomic E-state index is 13.7. The Balaban J connectivity index is 1.74. The molecule has 0 aromatic heterocycles. The zero-order valence-electron chi connectivity index (χ0n) is 23.8. The summed E-state index contributed by atoms with van der Waals surface area (Å²) in [5.74, 6) is -0.373. The van der Waals surface area contributed by atoms with Crippen molar-refractivity contribution in [1.82, 2.24) is 9.21 Å². The highest BCUT2D eigenvalue weighted by molar-refractivity contribution is 7.92. The summed E-state index contributed by atoms with van der Waals surface area (Å²) in [4.78, 5) is 15.3. The molecule has 13 heteroatoms. The van der Waals surface area contributed by atoms with Gasteiger partial charge in [-0.1, -0.05) is 31.2 Å². The van der Waals surface area contributed by atoms with Crippen LogP contribution in [-0.2, 0) is 20.0 Å². The van der Waals surface area contributed by atoms with Crippen LogP contribution < -0.4 is 14.2 Å². The highest BCUT2D eigenvalue weighted by Crippen LogP contribution is 2.36. The molecule has 226 valence electrons. The van der Waals surface area contributed by atoms with Crippen LogP contribution >= 0.6 is 0 Å². The third-order valence-electron chi connectivity index (χ3n) is 7.19. The van der Waals surface area contributed by atoms with Gasteiger partial charge in [-0.3, -0.25) is 9.52 Å². The number of hydrogen-bond donors (Lipinski definition) is 2. The molecular formula is C29H35N3O8S2. The van der Waals surface area contributed by atoms with Crippen molar-refractivity contribution in [3.8, 4) is 11.5 Å². The van der Waals surface area contributed by atoms with Crippen molar-refractivity contribution < 1.29 is 36.2 Å². The van der Waals surface area contributed by atoms with Gasteiger partial charge in [0.1, 0.15) is 11.9 Å². The number of carbonyl (C=O) groups is 1. The molecular weight excluding hydrogens is 582 g/mol. The predicted molar refractivity (Wildman–Crippen MR) is 158 cm³/mol. The lowest BCUT2D eigenvalue weighted by Crippen LogP contribution is -2.50. The number of carbonyl (C=O) groups excluding carboxylic acids is 1. The first-order valence-corrected chi connectivity index (χ1v) is 16.2. The number of fused-ring (bicyclic) bond motifs is 1. The number of sulfonamides is 2. The van der Waals surface area contributed by atoms with Crippen LogP contribution in [0.15, 0.2) is 82.6 Å². The smallest absolute Gasteiger partial charge is 0.262 e. The molecule has 0 bridgehead atoms. The Kier molecular flexibility index (Phi) is 9.46. The number of methoxy groups -OCH3 is 1. The Bertz CT molecular complexity index is 1610. The fourth-order valence-corrected chi connectivity index (χ4v) is 6.89. The van der Waals surface area contributed by atoms with Crippen molar-refractivity contribution in [1.29, 1.82) is 0 Å². The molecule has 2 N–H and O–H groups in total. The molecule has 1 heterocycles. The van der Waals surface area contributed by atoms with E-state index in [2.05, 4.69) is 4.72 Å². The van der Waals surface area contributed by atoms with Crippen LogP contribution in [0.4, 0.5) is 5.69 Å². The first-order chi connectivity index (χ1) is 19.9. The zero-order valence-corrected chi connectivity index (χ0v) is 25.4. The predicted octanol–water partition coefficient (Wildman–Crippen LogP) is 3.04. The van der Waals surface area contributed by atoms with Crippen molar-refractivity contribution in [3.63, 3.8) is 0 Å². The average molecular weight is 618 g/mol. The SMILES string of the molecule is COc1ccc(S(=O)(=O)N(C)C[C@@H]2Oc3c(NS(=O)(=O)c4ccccc4)cccc3C(=O)N([C@@H](C)CO)C[C@H]2C)cc1. The molecule has 0 aliphatic carbocycles. The van der Waals surface area contributed by atoms with Crippen molar-refractivity contribution in [2.24, 2.45) is 5.92 Å². The van der Waals surface area contributed by atoms with Gasteiger partial charge in [-0.2, -0.15) is 4.31 Å². The van der Waals surface area contributed by atoms with Crippen LogP contribution in [0, 0.1) is 5.92 Å². The van der Waals surface area contributed by atoms with Gasteiger partial charge in [0.15, 0.2) is 5.75 Å². The number of aliphatic hydroxyl groups is 1. The molecule has 0 radical (unpaired) electrons. The van der Waals surface area contributed by atoms with E-state index in [0.717, 1.165) is 4.31 Å². The quantitative estimate of drug-likeness (QED) is 0.354. The van der Waals surface area contributed by atoms with Gasteiger partial charge < -0.3 is 19.5 Å². The minimum absolute atomic E-state index is 0.0190. The van der Waals surface area contributed by atoms with Crippen LogP contribution in [0.2, 0.25) is 0 Å². The molecule has 11 nitrogen and oxygen atoms in total. The zero-order chi connectivity index (χ0) is 30.7. The second-order valence-corrected chi connectivity index (χ2v) is 13.9. The van der Waals surface area contributed by atoms with E-state index in [1.807, 2.05) is 6.92 Å². The van der Waals surface area contributed by atoms with Gasteiger partial charge in [-0.15, -0.1) is 0 Å². The number of aliphatic hydroxyl groups excluding tert-OH is 1. The summed E-state index contributed by atoms with van der Waals surface area (Å²) in [7, 11) is -5.07. The van der Waals surface area contributed by atoms with Crippen LogP contribution in [0.25, 0.3) is 0 Å². The van der Waals surface area contributed by atoms with E-state index in [-0.39, 0.29) is 46.5 Å². The van der Waals surface area contributed by atoms with E-state index in [4.69, 9.17) is 9.47 Å². The Labute approximate surface area is 246 Å². The van der Waals surface area contributed by atoms with Gasteiger partial charge in [-0.05, 0) is 55.5 Å². The lowest BCUT2D eigenvalue weighted by Gasteiger charge is -2.38. The number of benzene rings is 3. The Hall–Kier alpha value is -3.65. The Morgan fingerprint density at radius 2 is 1.69 bits per heavy atom. The summed E-state index contributed by atoms with van der Waals surface area (Å²) in [5, 5.41) is 9.90. The standard InChI is InChI=1S/C29H35N3O8S2/c1-20-17-32(21(2)19-33)29(34)25-11-8-12-26(30-41(35,36)23-9-6-5-7-10-23)28(25)40-27(20)18-31(3)42(37,38)24-15-13-22(39-4)14-16-24/h5-16,20-21,27,30,33H,17-19H2,1-4H3/t20-,21+,27+/m1/s1. The van der Waals surface area contributed by atoms with Gasteiger partial charge in [0.05, 0.1) is 47.3 Å². The second-order valence-electron chi connectivity index (χ2n) is 10.2. The molecule has 0 saturated heterocycles. The topological polar surface area (TPSA) is 143 Å². The molecule has 4 rings (SSSR count). The molecule has 0 fully saturated rings. The number of nitrogens with one attached hydrogen (secondary N) is 1. The number of ether oxygens (including phenoxy) is 2. The summed E-state index contributed by atoms with van der Waals surface area (Å²) in [5.41, 5.74) is 0.113. The van der Waals surface area contributed by atoms with E-state index in [1.54, 1.807) is 37.3 Å². The lowest BCUT2D eigenvalue weighted by molar-refractivity contribution is 0.0389. The van der Waals surface area contributed by atoms with Crippen molar-refractivity contribution in [2.45, 2.75) is 35.8 Å². The molecule has 3 aromatic rings. The minimum atomic E-state index is -4.05. The van der Waals surface area contributed by atoms with Gasteiger partial charge in [0, 0.05) is 19.5 Å². The summed E-state index contributed by atoms with van der Waals surface area (Å²) >= 11 is 0. The normalized spacial score (nSPS) is 18.4. The van der Waals surface area contributed by atoms with Crippen LogP contribution in [0.1, 0.15) is 24.2 Å². The van der Waals surface area contributed by atoms with E-state index in [1.165, 1.54) is 61.5 Å². The molecule has 3 aromatic carbocycles. The number of hydrogen-bond acceptors (Lipinski definition) is 8. The molecule has 1 aliphatic rings. The van der Waals surface area contributed by atoms with Crippen LogP contribution in [-0.4, -0.2) is 83.1 Å². The highest BCUT2D eigenvalue weighted by atomic mass is 32.2. The molecule has 0 spiro atoms. The van der Waals surface area contributed by atoms with Gasteiger partial charge >= 0.3 is 0 Å². The largest absolute Gasteiger partial charge is 0.497 e. The van der Waals surface area contributed by atoms with Crippen molar-refractivity contribution in [3.05, 3.63) is 78.4 Å². The third kappa shape index (κ3) is 6.54. The molecule has 42 heavy (non-hydrogen) atoms. The van der Waals surface area contributed by atoms with Crippen molar-refractivity contribution >= 4 is 31.6 Å². The van der Waals surface area contributed by atoms with E-state index >= 15 is 0 Å². The first kappa shape index (κ1) is 31.3. The number of amides is 1. The molecule has 3 atom stereocenters. The molecule has 1 aliphatic heterocycles. The fraction of sp³-hybridized carbons (Fsp3) is 0.345. The number of nitrogens with zero attached hydrogens (tertiary/aromatic N) is 2. The van der Waals surface area contributed by atoms with Gasteiger partial charge in [0.2, 0.25) is 10.0 Å². The first-order valence-electron chi connectivity index (χ1n) is 13.3. The van der Waals surface area contributed by atoms with Gasteiger partial charge in [-0.25, -0.2) is 16.8 Å². The number of likely N-dealkylation sites (N-methyl/N-ethyl adjacent to an activating group) is 1. The lowest BCUT2D eigenvalue weighted by atomic mass is 9.99.